The summed E-state index contributed by atoms with van der Waals surface area (Å²) < 4.78 is 28.5. The molecular formula is C21H20N2O3S. The second kappa shape index (κ2) is 8.16. The van der Waals surface area contributed by atoms with Crippen molar-refractivity contribution in [3.63, 3.8) is 0 Å². The van der Waals surface area contributed by atoms with Gasteiger partial charge in [-0.3, -0.25) is 4.79 Å². The fourth-order valence-corrected chi connectivity index (χ4v) is 4.04. The van der Waals surface area contributed by atoms with E-state index in [1.54, 1.807) is 0 Å². The lowest BCUT2D eigenvalue weighted by molar-refractivity contribution is 0.1000. The average molecular weight is 380 g/mol. The summed E-state index contributed by atoms with van der Waals surface area (Å²) in [5.74, 6) is -0.599. The predicted octanol–water partition coefficient (Wildman–Crippen LogP) is 3.05. The molecule has 1 amide bonds. The van der Waals surface area contributed by atoms with Gasteiger partial charge in [0.05, 0.1) is 10.9 Å². The zero-order chi connectivity index (χ0) is 19.3. The van der Waals surface area contributed by atoms with Crippen molar-refractivity contribution in [1.82, 2.24) is 4.72 Å². The summed E-state index contributed by atoms with van der Waals surface area (Å²) in [6.07, 6.45) is 0.517. The van der Waals surface area contributed by atoms with Crippen molar-refractivity contribution in [2.75, 3.05) is 0 Å². The van der Waals surface area contributed by atoms with E-state index in [9.17, 15) is 13.2 Å². The molecule has 3 aromatic rings. The molecule has 138 valence electrons. The molecular weight excluding hydrogens is 360 g/mol. The highest BCUT2D eigenvalue weighted by molar-refractivity contribution is 7.89. The molecule has 6 heteroatoms. The number of carbonyl (C=O) groups excluding carboxylic acids is 1. The fourth-order valence-electron chi connectivity index (χ4n) is 2.82. The standard InChI is InChI=1S/C21H20N2O3S/c22-21(24)18-11-13-19(14-12-18)27(25,26)23-20(17-9-5-2-6-10-17)15-16-7-3-1-4-8-16/h1-14,20,23H,15H2,(H2,22,24)/t20-/m0/s1. The van der Waals surface area contributed by atoms with Gasteiger partial charge in [-0.1, -0.05) is 60.7 Å². The molecule has 0 radical (unpaired) electrons. The van der Waals surface area contributed by atoms with E-state index in [0.717, 1.165) is 11.1 Å². The zero-order valence-corrected chi connectivity index (χ0v) is 15.4. The first-order valence-corrected chi connectivity index (χ1v) is 9.95. The second-order valence-corrected chi connectivity index (χ2v) is 7.88. The summed E-state index contributed by atoms with van der Waals surface area (Å²) in [4.78, 5) is 11.3. The van der Waals surface area contributed by atoms with E-state index in [-0.39, 0.29) is 10.5 Å². The van der Waals surface area contributed by atoms with Gasteiger partial charge in [-0.15, -0.1) is 0 Å². The predicted molar refractivity (Wildman–Crippen MR) is 105 cm³/mol. The number of amides is 1. The molecule has 27 heavy (non-hydrogen) atoms. The van der Waals surface area contributed by atoms with Crippen LogP contribution in [-0.4, -0.2) is 14.3 Å². The van der Waals surface area contributed by atoms with Crippen LogP contribution >= 0.6 is 0 Å². The van der Waals surface area contributed by atoms with Gasteiger partial charge >= 0.3 is 0 Å². The first-order chi connectivity index (χ1) is 13.0. The quantitative estimate of drug-likeness (QED) is 0.660. The Morgan fingerprint density at radius 1 is 0.852 bits per heavy atom. The zero-order valence-electron chi connectivity index (χ0n) is 14.6. The van der Waals surface area contributed by atoms with E-state index in [0.29, 0.717) is 6.42 Å². The highest BCUT2D eigenvalue weighted by atomic mass is 32.2. The third kappa shape index (κ3) is 4.81. The van der Waals surface area contributed by atoms with Crippen molar-refractivity contribution >= 4 is 15.9 Å². The molecule has 0 fully saturated rings. The minimum absolute atomic E-state index is 0.0847. The summed E-state index contributed by atoms with van der Waals surface area (Å²) in [6, 6.07) is 24.3. The van der Waals surface area contributed by atoms with Crippen LogP contribution in [0.2, 0.25) is 0 Å². The molecule has 0 aliphatic heterocycles. The van der Waals surface area contributed by atoms with Crippen molar-refractivity contribution < 1.29 is 13.2 Å². The van der Waals surface area contributed by atoms with Gasteiger partial charge in [0, 0.05) is 5.56 Å². The van der Waals surface area contributed by atoms with Crippen molar-refractivity contribution in [3.05, 3.63) is 102 Å². The number of nitrogens with one attached hydrogen (secondary N) is 1. The second-order valence-electron chi connectivity index (χ2n) is 6.16. The maximum absolute atomic E-state index is 12.9. The van der Waals surface area contributed by atoms with E-state index >= 15 is 0 Å². The van der Waals surface area contributed by atoms with Gasteiger partial charge in [-0.05, 0) is 41.8 Å². The molecule has 0 saturated heterocycles. The maximum atomic E-state index is 12.9. The lowest BCUT2D eigenvalue weighted by atomic mass is 10.00. The minimum atomic E-state index is -3.77. The first-order valence-electron chi connectivity index (χ1n) is 8.47. The Labute approximate surface area is 158 Å². The van der Waals surface area contributed by atoms with E-state index in [1.165, 1.54) is 24.3 Å². The molecule has 0 aliphatic rings. The Balaban J connectivity index is 1.89. The third-order valence-electron chi connectivity index (χ3n) is 4.23. The Kier molecular flexibility index (Phi) is 5.69. The van der Waals surface area contributed by atoms with Gasteiger partial charge in [0.1, 0.15) is 0 Å². The van der Waals surface area contributed by atoms with Gasteiger partial charge in [0.25, 0.3) is 0 Å². The number of nitrogens with two attached hydrogens (primary N) is 1. The lowest BCUT2D eigenvalue weighted by Gasteiger charge is -2.19. The van der Waals surface area contributed by atoms with Crippen LogP contribution in [0.5, 0.6) is 0 Å². The number of sulfonamides is 1. The lowest BCUT2D eigenvalue weighted by Crippen LogP contribution is -2.30. The van der Waals surface area contributed by atoms with Crippen LogP contribution in [0, 0.1) is 0 Å². The molecule has 0 saturated carbocycles. The minimum Gasteiger partial charge on any atom is -0.366 e. The van der Waals surface area contributed by atoms with Crippen LogP contribution in [0.15, 0.2) is 89.8 Å². The highest BCUT2D eigenvalue weighted by Crippen LogP contribution is 2.22. The number of carbonyl (C=O) groups is 1. The molecule has 1 atom stereocenters. The molecule has 0 aromatic heterocycles. The Bertz CT molecular complexity index is 1000. The molecule has 5 nitrogen and oxygen atoms in total. The summed E-state index contributed by atoms with van der Waals surface area (Å²) in [6.45, 7) is 0. The Morgan fingerprint density at radius 3 is 1.96 bits per heavy atom. The van der Waals surface area contributed by atoms with Crippen molar-refractivity contribution in [2.45, 2.75) is 17.4 Å². The molecule has 3 aromatic carbocycles. The Hall–Kier alpha value is -2.96. The van der Waals surface area contributed by atoms with Crippen LogP contribution in [0.3, 0.4) is 0 Å². The summed E-state index contributed by atoms with van der Waals surface area (Å²) >= 11 is 0. The topological polar surface area (TPSA) is 89.3 Å². The summed E-state index contributed by atoms with van der Waals surface area (Å²) in [7, 11) is -3.77. The summed E-state index contributed by atoms with van der Waals surface area (Å²) in [5.41, 5.74) is 7.37. The largest absolute Gasteiger partial charge is 0.366 e. The van der Waals surface area contributed by atoms with Crippen LogP contribution < -0.4 is 10.5 Å². The van der Waals surface area contributed by atoms with E-state index in [4.69, 9.17) is 5.73 Å². The molecule has 0 spiro atoms. The number of hydrogen-bond acceptors (Lipinski definition) is 3. The van der Waals surface area contributed by atoms with Crippen LogP contribution in [0.1, 0.15) is 27.5 Å². The smallest absolute Gasteiger partial charge is 0.248 e. The van der Waals surface area contributed by atoms with Gasteiger partial charge in [0.15, 0.2) is 0 Å². The number of benzene rings is 3. The molecule has 0 bridgehead atoms. The normalized spacial score (nSPS) is 12.4. The number of rotatable bonds is 7. The molecule has 0 aliphatic carbocycles. The maximum Gasteiger partial charge on any atom is 0.248 e. The highest BCUT2D eigenvalue weighted by Gasteiger charge is 2.22. The molecule has 0 heterocycles. The fraction of sp³-hybridized carbons (Fsp3) is 0.0952. The molecule has 3 N–H and O–H groups in total. The van der Waals surface area contributed by atoms with Crippen LogP contribution in [0.25, 0.3) is 0 Å². The van der Waals surface area contributed by atoms with Gasteiger partial charge in [0.2, 0.25) is 15.9 Å². The Morgan fingerprint density at radius 2 is 1.41 bits per heavy atom. The van der Waals surface area contributed by atoms with E-state index < -0.39 is 22.0 Å². The summed E-state index contributed by atoms with van der Waals surface area (Å²) in [5, 5.41) is 0. The van der Waals surface area contributed by atoms with Crippen molar-refractivity contribution in [2.24, 2.45) is 5.73 Å². The third-order valence-corrected chi connectivity index (χ3v) is 5.72. The first kappa shape index (κ1) is 18.8. The number of primary amides is 1. The van der Waals surface area contributed by atoms with Crippen LogP contribution in [0.4, 0.5) is 0 Å². The van der Waals surface area contributed by atoms with Crippen molar-refractivity contribution in [1.29, 1.82) is 0 Å². The van der Waals surface area contributed by atoms with Gasteiger partial charge in [-0.2, -0.15) is 0 Å². The van der Waals surface area contributed by atoms with E-state index in [1.807, 2.05) is 60.7 Å². The van der Waals surface area contributed by atoms with Crippen LogP contribution in [-0.2, 0) is 16.4 Å². The number of hydrogen-bond donors (Lipinski definition) is 2. The monoisotopic (exact) mass is 380 g/mol. The SMILES string of the molecule is NC(=O)c1ccc(S(=O)(=O)N[C@@H](Cc2ccccc2)c2ccccc2)cc1. The molecule has 3 rings (SSSR count). The van der Waals surface area contributed by atoms with Gasteiger partial charge < -0.3 is 5.73 Å². The van der Waals surface area contributed by atoms with Gasteiger partial charge in [-0.25, -0.2) is 13.1 Å². The molecule has 0 unspecified atom stereocenters. The van der Waals surface area contributed by atoms with E-state index in [2.05, 4.69) is 4.72 Å². The average Bonchev–Trinajstić information content (AvgIpc) is 2.69. The van der Waals surface area contributed by atoms with Crippen molar-refractivity contribution in [3.8, 4) is 0 Å².